The van der Waals surface area contributed by atoms with Crippen LogP contribution >= 0.6 is 23.5 Å². The quantitative estimate of drug-likeness (QED) is 0.358. The summed E-state index contributed by atoms with van der Waals surface area (Å²) in [6.07, 6.45) is 1.17. The van der Waals surface area contributed by atoms with Gasteiger partial charge in [0.1, 0.15) is 0 Å². The van der Waals surface area contributed by atoms with Gasteiger partial charge in [0.15, 0.2) is 0 Å². The molecule has 0 saturated heterocycles. The van der Waals surface area contributed by atoms with Crippen LogP contribution in [0.3, 0.4) is 0 Å². The molecule has 1 unspecified atom stereocenters. The predicted octanol–water partition coefficient (Wildman–Crippen LogP) is -2.09. The number of benzene rings is 1. The molecule has 2 N–H and O–H groups in total. The summed E-state index contributed by atoms with van der Waals surface area (Å²) in [6, 6.07) is 9.48. The minimum atomic E-state index is 0. The third-order valence-electron chi connectivity index (χ3n) is 4.04. The van der Waals surface area contributed by atoms with Crippen molar-refractivity contribution in [1.82, 2.24) is 10.6 Å². The summed E-state index contributed by atoms with van der Waals surface area (Å²) >= 11 is 4.08. The predicted molar refractivity (Wildman–Crippen MR) is 103 cm³/mol. The molecule has 1 aliphatic rings. The van der Waals surface area contributed by atoms with Gasteiger partial charge in [-0.1, -0.05) is 24.3 Å². The fourth-order valence-corrected chi connectivity index (χ4v) is 4.75. The van der Waals surface area contributed by atoms with E-state index in [0.717, 1.165) is 24.6 Å². The van der Waals surface area contributed by atoms with Gasteiger partial charge in [-0.15, -0.1) is 0 Å². The first kappa shape index (κ1) is 28.5. The maximum atomic E-state index is 3.72. The molecule has 0 radical (unpaired) electrons. The molecule has 0 amide bonds. The van der Waals surface area contributed by atoms with Gasteiger partial charge in [-0.2, -0.15) is 23.5 Å². The molecular weight excluding hydrogens is 527 g/mol. The van der Waals surface area contributed by atoms with Gasteiger partial charge in [0.25, 0.3) is 0 Å². The Labute approximate surface area is 193 Å². The second-order valence-electron chi connectivity index (χ2n) is 6.74. The minimum absolute atomic E-state index is 0. The van der Waals surface area contributed by atoms with Crippen molar-refractivity contribution < 1.29 is 50.5 Å². The average molecular weight is 557 g/mol. The van der Waals surface area contributed by atoms with Crippen molar-refractivity contribution in [1.29, 1.82) is 0 Å². The van der Waals surface area contributed by atoms with Crippen molar-refractivity contribution in [2.45, 2.75) is 50.3 Å². The molecule has 1 heterocycles. The van der Waals surface area contributed by atoms with Crippen molar-refractivity contribution in [3.05, 3.63) is 35.4 Å². The summed E-state index contributed by atoms with van der Waals surface area (Å²) in [5.74, 6) is 4.62. The SMILES string of the molecule is CC1CC(C)(C)NCCSCc2ccccc2CSCCN1.[Br-].[Br-].[Ni+2]. The van der Waals surface area contributed by atoms with Crippen LogP contribution in [-0.4, -0.2) is 36.2 Å². The summed E-state index contributed by atoms with van der Waals surface area (Å²) in [7, 11) is 0. The maximum Gasteiger partial charge on any atom is 2.00 e. The molecule has 7 heteroatoms. The molecule has 1 aromatic rings. The van der Waals surface area contributed by atoms with Crippen LogP contribution in [0, 0.1) is 0 Å². The molecule has 148 valence electrons. The van der Waals surface area contributed by atoms with E-state index < -0.39 is 0 Å². The van der Waals surface area contributed by atoms with Crippen LogP contribution in [0.4, 0.5) is 0 Å². The molecule has 2 rings (SSSR count). The van der Waals surface area contributed by atoms with Crippen molar-refractivity contribution >= 4 is 23.5 Å². The zero-order valence-electron chi connectivity index (χ0n) is 15.2. The van der Waals surface area contributed by atoms with Gasteiger partial charge in [-0.3, -0.25) is 0 Å². The number of fused-ring (bicyclic) bond motifs is 1. The van der Waals surface area contributed by atoms with Crippen LogP contribution in [0.25, 0.3) is 0 Å². The standard InChI is InChI=1S/C18H30N2S2.2BrH.Ni/c1-15-12-18(2,3)20-9-11-22-14-17-7-5-4-6-16(17)13-21-10-8-19-15;;;/h4-7,15,19-20H,8-14H2,1-3H3;2*1H;/q;;;+2/p-2. The number of hydrogen-bond acceptors (Lipinski definition) is 4. The topological polar surface area (TPSA) is 24.1 Å². The fraction of sp³-hybridized carbons (Fsp3) is 0.667. The van der Waals surface area contributed by atoms with Crippen molar-refractivity contribution in [2.75, 3.05) is 24.6 Å². The normalized spacial score (nSPS) is 21.8. The molecule has 0 aliphatic carbocycles. The van der Waals surface area contributed by atoms with Gasteiger partial charge in [-0.25, -0.2) is 0 Å². The molecular formula is C18H30Br2N2NiS2. The van der Waals surface area contributed by atoms with Gasteiger partial charge < -0.3 is 44.6 Å². The molecule has 0 saturated carbocycles. The number of halogens is 2. The van der Waals surface area contributed by atoms with Crippen LogP contribution < -0.4 is 44.6 Å². The Balaban J connectivity index is 0. The Morgan fingerprint density at radius 3 is 2.04 bits per heavy atom. The Hall–Kier alpha value is 1.29. The Morgan fingerprint density at radius 2 is 1.48 bits per heavy atom. The largest absolute Gasteiger partial charge is 2.00 e. The number of thioether (sulfide) groups is 2. The fourth-order valence-electron chi connectivity index (χ4n) is 2.95. The van der Waals surface area contributed by atoms with Gasteiger partial charge in [-0.05, 0) is 38.3 Å². The van der Waals surface area contributed by atoms with Gasteiger partial charge in [0, 0.05) is 47.7 Å². The number of hydrogen-bond donors (Lipinski definition) is 2. The molecule has 0 spiro atoms. The van der Waals surface area contributed by atoms with E-state index in [0.29, 0.717) is 6.04 Å². The molecule has 2 nitrogen and oxygen atoms in total. The first-order chi connectivity index (χ1) is 10.6. The Bertz CT molecular complexity index is 464. The van der Waals surface area contributed by atoms with Crippen molar-refractivity contribution in [3.63, 3.8) is 0 Å². The van der Waals surface area contributed by atoms with E-state index in [1.54, 1.807) is 0 Å². The van der Waals surface area contributed by atoms with Crippen LogP contribution in [0.1, 0.15) is 38.3 Å². The summed E-state index contributed by atoms with van der Waals surface area (Å²) in [4.78, 5) is 0. The summed E-state index contributed by atoms with van der Waals surface area (Å²) in [6.45, 7) is 9.12. The van der Waals surface area contributed by atoms with Gasteiger partial charge in [0.2, 0.25) is 0 Å². The molecule has 25 heavy (non-hydrogen) atoms. The van der Waals surface area contributed by atoms with E-state index in [9.17, 15) is 0 Å². The van der Waals surface area contributed by atoms with Crippen molar-refractivity contribution in [2.24, 2.45) is 0 Å². The number of rotatable bonds is 0. The maximum absolute atomic E-state index is 3.72. The monoisotopic (exact) mass is 554 g/mol. The van der Waals surface area contributed by atoms with Crippen LogP contribution in [0.2, 0.25) is 0 Å². The molecule has 0 aromatic heterocycles. The zero-order valence-corrected chi connectivity index (χ0v) is 21.0. The van der Waals surface area contributed by atoms with Crippen LogP contribution in [0.15, 0.2) is 24.3 Å². The van der Waals surface area contributed by atoms with E-state index in [4.69, 9.17) is 0 Å². The zero-order chi connectivity index (χ0) is 15.8. The molecule has 1 aliphatic heterocycles. The second kappa shape index (κ2) is 15.2. The van der Waals surface area contributed by atoms with Crippen LogP contribution in [0.5, 0.6) is 0 Å². The summed E-state index contributed by atoms with van der Waals surface area (Å²) in [5, 5.41) is 7.38. The van der Waals surface area contributed by atoms with E-state index in [-0.39, 0.29) is 56.0 Å². The molecule has 0 bridgehead atoms. The van der Waals surface area contributed by atoms with E-state index in [1.165, 1.54) is 29.1 Å². The number of nitrogens with one attached hydrogen (secondary N) is 2. The van der Waals surface area contributed by atoms with Crippen LogP contribution in [-0.2, 0) is 28.0 Å². The third kappa shape index (κ3) is 11.7. The van der Waals surface area contributed by atoms with E-state index >= 15 is 0 Å². The van der Waals surface area contributed by atoms with Gasteiger partial charge in [0.05, 0.1) is 0 Å². The Kier molecular flexibility index (Phi) is 17.4. The van der Waals surface area contributed by atoms with Gasteiger partial charge >= 0.3 is 16.5 Å². The smallest absolute Gasteiger partial charge is 1.00 e. The first-order valence-corrected chi connectivity index (χ1v) is 10.6. The summed E-state index contributed by atoms with van der Waals surface area (Å²) in [5.41, 5.74) is 3.23. The first-order valence-electron chi connectivity index (χ1n) is 8.27. The van der Waals surface area contributed by atoms with Crippen molar-refractivity contribution in [3.8, 4) is 0 Å². The average Bonchev–Trinajstić information content (AvgIpc) is 2.47. The molecule has 0 fully saturated rings. The molecule has 1 atom stereocenters. The minimum Gasteiger partial charge on any atom is -1.00 e. The Morgan fingerprint density at radius 1 is 0.960 bits per heavy atom. The van der Waals surface area contributed by atoms with E-state index in [2.05, 4.69) is 55.7 Å². The molecule has 1 aromatic carbocycles. The second-order valence-corrected chi connectivity index (χ2v) is 8.95. The van der Waals surface area contributed by atoms with E-state index in [1.807, 2.05) is 23.5 Å². The third-order valence-corrected chi connectivity index (χ3v) is 6.06. The summed E-state index contributed by atoms with van der Waals surface area (Å²) < 4.78 is 0.